The highest BCUT2D eigenvalue weighted by Crippen LogP contribution is 2.25. The summed E-state index contributed by atoms with van der Waals surface area (Å²) in [5.41, 5.74) is 2.20. The quantitative estimate of drug-likeness (QED) is 0.887. The average molecular weight is 290 g/mol. The summed E-state index contributed by atoms with van der Waals surface area (Å²) < 4.78 is 0. The number of benzene rings is 1. The number of nitrogens with zero attached hydrogens (tertiary/aromatic N) is 1. The number of aromatic nitrogens is 1. The maximum absolute atomic E-state index is 12.3. The fraction of sp³-hybridized carbons (Fsp3) is 0.214. The lowest BCUT2D eigenvalue weighted by molar-refractivity contribution is -0.117. The number of carbonyl (C=O) groups excluding carboxylic acids is 1. The molecule has 1 aromatic carbocycles. The minimum absolute atomic E-state index is 0.119. The summed E-state index contributed by atoms with van der Waals surface area (Å²) in [4.78, 5) is 27.0. The molecule has 6 heteroatoms. The molecule has 0 aliphatic carbocycles. The predicted molar refractivity (Wildman–Crippen MR) is 77.2 cm³/mol. The third kappa shape index (κ3) is 3.03. The van der Waals surface area contributed by atoms with Crippen molar-refractivity contribution >= 4 is 28.2 Å². The first-order chi connectivity index (χ1) is 9.63. The van der Waals surface area contributed by atoms with Gasteiger partial charge in [0, 0.05) is 0 Å². The van der Waals surface area contributed by atoms with Gasteiger partial charge in [0.1, 0.15) is 5.00 Å². The normalized spacial score (nSPS) is 11.8. The summed E-state index contributed by atoms with van der Waals surface area (Å²) in [6, 6.07) is 9.41. The van der Waals surface area contributed by atoms with Crippen LogP contribution in [-0.2, 0) is 4.79 Å². The Morgan fingerprint density at radius 1 is 1.35 bits per heavy atom. The third-order valence-corrected chi connectivity index (χ3v) is 3.68. The molecule has 2 N–H and O–H groups in total. The minimum atomic E-state index is -1.14. The first kappa shape index (κ1) is 14.2. The van der Waals surface area contributed by atoms with Gasteiger partial charge in [-0.3, -0.25) is 4.79 Å². The van der Waals surface area contributed by atoms with Gasteiger partial charge in [-0.2, -0.15) is 0 Å². The molecule has 0 saturated carbocycles. The number of carboxylic acids is 1. The van der Waals surface area contributed by atoms with Crippen LogP contribution in [0.1, 0.15) is 35.3 Å². The van der Waals surface area contributed by atoms with Crippen LogP contribution < -0.4 is 5.32 Å². The van der Waals surface area contributed by atoms with E-state index in [1.54, 1.807) is 0 Å². The second-order valence-electron chi connectivity index (χ2n) is 4.20. The molecule has 0 fully saturated rings. The molecule has 20 heavy (non-hydrogen) atoms. The van der Waals surface area contributed by atoms with Gasteiger partial charge in [0.2, 0.25) is 5.91 Å². The van der Waals surface area contributed by atoms with Crippen molar-refractivity contribution in [1.82, 2.24) is 4.98 Å². The van der Waals surface area contributed by atoms with Gasteiger partial charge in [-0.1, -0.05) is 37.3 Å². The highest BCUT2D eigenvalue weighted by Gasteiger charge is 2.22. The number of carbonyl (C=O) groups is 2. The van der Waals surface area contributed by atoms with Crippen LogP contribution in [0.2, 0.25) is 0 Å². The summed E-state index contributed by atoms with van der Waals surface area (Å²) in [6.07, 6.45) is 0.636. The van der Waals surface area contributed by atoms with Crippen LogP contribution in [0.4, 0.5) is 5.00 Å². The molecule has 1 unspecified atom stereocenters. The van der Waals surface area contributed by atoms with E-state index in [1.165, 1.54) is 5.51 Å². The van der Waals surface area contributed by atoms with Crippen LogP contribution in [0.15, 0.2) is 35.8 Å². The first-order valence-electron chi connectivity index (χ1n) is 6.16. The Morgan fingerprint density at radius 3 is 2.65 bits per heavy atom. The summed E-state index contributed by atoms with van der Waals surface area (Å²) in [7, 11) is 0. The molecule has 104 valence electrons. The van der Waals surface area contributed by atoms with Gasteiger partial charge < -0.3 is 10.4 Å². The van der Waals surface area contributed by atoms with Crippen LogP contribution in [0.5, 0.6) is 0 Å². The third-order valence-electron chi connectivity index (χ3n) is 2.93. The van der Waals surface area contributed by atoms with E-state index in [9.17, 15) is 9.59 Å². The summed E-state index contributed by atoms with van der Waals surface area (Å²) in [6.45, 7) is 1.92. The highest BCUT2D eigenvalue weighted by atomic mass is 32.1. The maximum Gasteiger partial charge on any atom is 0.357 e. The first-order valence-corrected chi connectivity index (χ1v) is 7.04. The van der Waals surface area contributed by atoms with E-state index in [2.05, 4.69) is 10.3 Å². The molecule has 1 heterocycles. The van der Waals surface area contributed by atoms with Gasteiger partial charge in [-0.15, -0.1) is 11.3 Å². The van der Waals surface area contributed by atoms with Gasteiger partial charge in [0.15, 0.2) is 5.69 Å². The predicted octanol–water partition coefficient (Wildman–Crippen LogP) is 2.97. The average Bonchev–Trinajstić information content (AvgIpc) is 2.89. The second kappa shape index (κ2) is 6.29. The van der Waals surface area contributed by atoms with E-state index in [4.69, 9.17) is 5.11 Å². The van der Waals surface area contributed by atoms with Crippen LogP contribution in [0.3, 0.4) is 0 Å². The Hall–Kier alpha value is -2.21. The zero-order chi connectivity index (χ0) is 14.5. The van der Waals surface area contributed by atoms with Gasteiger partial charge in [0.25, 0.3) is 0 Å². The fourth-order valence-electron chi connectivity index (χ4n) is 1.94. The lowest BCUT2D eigenvalue weighted by Crippen LogP contribution is -2.21. The van der Waals surface area contributed by atoms with E-state index in [-0.39, 0.29) is 22.5 Å². The Bertz CT molecular complexity index is 610. The van der Waals surface area contributed by atoms with Crippen molar-refractivity contribution in [1.29, 1.82) is 0 Å². The van der Waals surface area contributed by atoms with Crippen molar-refractivity contribution in [2.24, 2.45) is 0 Å². The van der Waals surface area contributed by atoms with E-state index >= 15 is 0 Å². The Labute approximate surface area is 120 Å². The molecule has 1 aromatic heterocycles. The number of hydrogen-bond acceptors (Lipinski definition) is 4. The minimum Gasteiger partial charge on any atom is -0.476 e. The van der Waals surface area contributed by atoms with E-state index < -0.39 is 5.97 Å². The van der Waals surface area contributed by atoms with Crippen molar-refractivity contribution in [3.63, 3.8) is 0 Å². The topological polar surface area (TPSA) is 79.3 Å². The van der Waals surface area contributed by atoms with Crippen LogP contribution in [-0.4, -0.2) is 22.0 Å². The zero-order valence-corrected chi connectivity index (χ0v) is 11.7. The summed E-state index contributed by atoms with van der Waals surface area (Å²) in [5, 5.41) is 11.9. The summed E-state index contributed by atoms with van der Waals surface area (Å²) >= 11 is 1.11. The van der Waals surface area contributed by atoms with Crippen molar-refractivity contribution < 1.29 is 14.7 Å². The smallest absolute Gasteiger partial charge is 0.357 e. The van der Waals surface area contributed by atoms with Crippen LogP contribution in [0.25, 0.3) is 0 Å². The number of carboxylic acid groups (broad SMARTS) is 1. The molecule has 1 amide bonds. The molecule has 0 aliphatic heterocycles. The number of hydrogen-bond donors (Lipinski definition) is 2. The number of thiazole rings is 1. The maximum atomic E-state index is 12.3. The molecule has 0 saturated heterocycles. The van der Waals surface area contributed by atoms with E-state index in [1.807, 2.05) is 37.3 Å². The monoisotopic (exact) mass is 290 g/mol. The summed E-state index contributed by atoms with van der Waals surface area (Å²) in [5.74, 6) is -1.67. The van der Waals surface area contributed by atoms with Crippen molar-refractivity contribution in [3.05, 3.63) is 47.1 Å². The van der Waals surface area contributed by atoms with Crippen molar-refractivity contribution in [2.45, 2.75) is 19.3 Å². The molecular weight excluding hydrogens is 276 g/mol. The molecule has 0 bridgehead atoms. The molecule has 2 aromatic rings. The lowest BCUT2D eigenvalue weighted by atomic mass is 9.96. The zero-order valence-electron chi connectivity index (χ0n) is 10.9. The molecule has 0 radical (unpaired) electrons. The van der Waals surface area contributed by atoms with Crippen molar-refractivity contribution in [3.8, 4) is 0 Å². The van der Waals surface area contributed by atoms with Gasteiger partial charge in [-0.25, -0.2) is 9.78 Å². The molecular formula is C14H14N2O3S. The molecule has 0 aliphatic rings. The van der Waals surface area contributed by atoms with E-state index in [0.717, 1.165) is 16.9 Å². The second-order valence-corrected chi connectivity index (χ2v) is 5.05. The molecule has 2 rings (SSSR count). The Kier molecular flexibility index (Phi) is 4.47. The molecule has 0 spiro atoms. The van der Waals surface area contributed by atoms with Gasteiger partial charge in [-0.05, 0) is 12.0 Å². The van der Waals surface area contributed by atoms with E-state index in [0.29, 0.717) is 6.42 Å². The number of rotatable bonds is 5. The van der Waals surface area contributed by atoms with Crippen LogP contribution >= 0.6 is 11.3 Å². The van der Waals surface area contributed by atoms with Crippen molar-refractivity contribution in [2.75, 3.05) is 5.32 Å². The van der Waals surface area contributed by atoms with Gasteiger partial charge >= 0.3 is 5.97 Å². The van der Waals surface area contributed by atoms with Gasteiger partial charge in [0.05, 0.1) is 11.4 Å². The number of aromatic carboxylic acids is 1. The number of anilines is 1. The SMILES string of the molecule is CCC(C(=O)Nc1scnc1C(=O)O)c1ccccc1. The fourth-order valence-corrected chi connectivity index (χ4v) is 2.62. The molecule has 1 atom stereocenters. The Balaban J connectivity index is 2.18. The number of nitrogens with one attached hydrogen (secondary N) is 1. The highest BCUT2D eigenvalue weighted by molar-refractivity contribution is 7.14. The Morgan fingerprint density at radius 2 is 2.05 bits per heavy atom. The largest absolute Gasteiger partial charge is 0.476 e. The lowest BCUT2D eigenvalue weighted by Gasteiger charge is -2.14. The standard InChI is InChI=1S/C14H14N2O3S/c1-2-10(9-6-4-3-5-7-9)12(17)16-13-11(14(18)19)15-8-20-13/h3-8,10H,2H2,1H3,(H,16,17)(H,18,19). The van der Waals surface area contributed by atoms with Crippen LogP contribution in [0, 0.1) is 0 Å². The number of amides is 1. The molecule has 5 nitrogen and oxygen atoms in total.